The van der Waals surface area contributed by atoms with E-state index in [2.05, 4.69) is 43.9 Å². The third-order valence-corrected chi connectivity index (χ3v) is 4.63. The van der Waals surface area contributed by atoms with Crippen molar-refractivity contribution in [2.75, 3.05) is 13.1 Å². The van der Waals surface area contributed by atoms with E-state index in [9.17, 15) is 0 Å². The minimum atomic E-state index is 0.146. The summed E-state index contributed by atoms with van der Waals surface area (Å²) in [6, 6.07) is 7.55. The molecule has 0 saturated carbocycles. The van der Waals surface area contributed by atoms with E-state index in [-0.39, 0.29) is 6.04 Å². The van der Waals surface area contributed by atoms with Crippen LogP contribution in [0.4, 0.5) is 0 Å². The zero-order valence-corrected chi connectivity index (χ0v) is 13.4. The van der Waals surface area contributed by atoms with Gasteiger partial charge in [0.1, 0.15) is 0 Å². The van der Waals surface area contributed by atoms with Crippen LogP contribution in [-0.4, -0.2) is 24.0 Å². The normalized spacial score (nSPS) is 21.9. The van der Waals surface area contributed by atoms with Gasteiger partial charge in [0.2, 0.25) is 0 Å². The van der Waals surface area contributed by atoms with Crippen molar-refractivity contribution in [1.29, 1.82) is 0 Å². The van der Waals surface area contributed by atoms with Gasteiger partial charge in [-0.25, -0.2) is 0 Å². The zero-order chi connectivity index (χ0) is 14.5. The van der Waals surface area contributed by atoms with Gasteiger partial charge in [0.25, 0.3) is 0 Å². The molecule has 1 saturated heterocycles. The maximum absolute atomic E-state index is 6.49. The Labute approximate surface area is 124 Å². The minimum Gasteiger partial charge on any atom is -0.323 e. The molecular weight excluding hydrogens is 244 g/mol. The molecule has 0 amide bonds. The second-order valence-electron chi connectivity index (χ2n) is 6.40. The maximum Gasteiger partial charge on any atom is 0.0427 e. The largest absolute Gasteiger partial charge is 0.323 e. The van der Waals surface area contributed by atoms with Crippen LogP contribution in [0.25, 0.3) is 0 Å². The van der Waals surface area contributed by atoms with Gasteiger partial charge >= 0.3 is 0 Å². The van der Waals surface area contributed by atoms with E-state index in [0.29, 0.717) is 0 Å². The van der Waals surface area contributed by atoms with E-state index in [1.807, 2.05) is 0 Å². The second kappa shape index (κ2) is 7.24. The first kappa shape index (κ1) is 15.5. The summed E-state index contributed by atoms with van der Waals surface area (Å²) in [5.41, 5.74) is 10.5. The number of piperidine rings is 1. The topological polar surface area (TPSA) is 29.3 Å². The van der Waals surface area contributed by atoms with Crippen molar-refractivity contribution in [1.82, 2.24) is 4.90 Å². The van der Waals surface area contributed by atoms with E-state index in [0.717, 1.165) is 12.6 Å². The van der Waals surface area contributed by atoms with Gasteiger partial charge in [-0.2, -0.15) is 0 Å². The summed E-state index contributed by atoms with van der Waals surface area (Å²) in [7, 11) is 0. The number of rotatable bonds is 5. The first-order valence-electron chi connectivity index (χ1n) is 8.18. The van der Waals surface area contributed by atoms with Crippen molar-refractivity contribution in [2.24, 2.45) is 5.73 Å². The summed E-state index contributed by atoms with van der Waals surface area (Å²) >= 11 is 0. The highest BCUT2D eigenvalue weighted by atomic mass is 15.2. The fraction of sp³-hybridized carbons (Fsp3) is 0.667. The fourth-order valence-electron chi connectivity index (χ4n) is 3.55. The zero-order valence-electron chi connectivity index (χ0n) is 13.4. The molecule has 112 valence electrons. The van der Waals surface area contributed by atoms with Crippen LogP contribution in [0.2, 0.25) is 0 Å². The first-order chi connectivity index (χ1) is 9.61. The average Bonchev–Trinajstić information content (AvgIpc) is 2.41. The SMILES string of the molecule is CCCC1CCCCN1CC(N)c1ccc(C)cc1C. The Morgan fingerprint density at radius 2 is 2.10 bits per heavy atom. The summed E-state index contributed by atoms with van der Waals surface area (Å²) < 4.78 is 0. The molecule has 2 rings (SSSR count). The van der Waals surface area contributed by atoms with Crippen molar-refractivity contribution >= 4 is 0 Å². The highest BCUT2D eigenvalue weighted by Crippen LogP contribution is 2.24. The number of nitrogens with zero attached hydrogens (tertiary/aromatic N) is 1. The number of benzene rings is 1. The lowest BCUT2D eigenvalue weighted by molar-refractivity contribution is 0.131. The highest BCUT2D eigenvalue weighted by molar-refractivity contribution is 5.32. The third kappa shape index (κ3) is 3.83. The molecule has 1 aliphatic rings. The van der Waals surface area contributed by atoms with E-state index >= 15 is 0 Å². The number of aryl methyl sites for hydroxylation is 2. The molecule has 0 bridgehead atoms. The number of hydrogen-bond donors (Lipinski definition) is 1. The predicted molar refractivity (Wildman–Crippen MR) is 87.0 cm³/mol. The van der Waals surface area contributed by atoms with Crippen LogP contribution in [-0.2, 0) is 0 Å². The molecule has 1 aromatic carbocycles. The minimum absolute atomic E-state index is 0.146. The maximum atomic E-state index is 6.49. The standard InChI is InChI=1S/C18H30N2/c1-4-7-16-8-5-6-11-20(16)13-18(19)17-10-9-14(2)12-15(17)3/h9-10,12,16,18H,4-8,11,13,19H2,1-3H3. The van der Waals surface area contributed by atoms with Crippen LogP contribution in [0.5, 0.6) is 0 Å². The Morgan fingerprint density at radius 3 is 2.80 bits per heavy atom. The number of hydrogen-bond acceptors (Lipinski definition) is 2. The van der Waals surface area contributed by atoms with Crippen LogP contribution in [0, 0.1) is 13.8 Å². The Hall–Kier alpha value is -0.860. The molecule has 0 spiro atoms. The lowest BCUT2D eigenvalue weighted by Crippen LogP contribution is -2.43. The molecule has 2 atom stereocenters. The van der Waals surface area contributed by atoms with Crippen LogP contribution in [0.15, 0.2) is 18.2 Å². The highest BCUT2D eigenvalue weighted by Gasteiger charge is 2.23. The Balaban J connectivity index is 2.03. The second-order valence-corrected chi connectivity index (χ2v) is 6.40. The lowest BCUT2D eigenvalue weighted by atomic mass is 9.95. The molecule has 20 heavy (non-hydrogen) atoms. The predicted octanol–water partition coefficient (Wildman–Crippen LogP) is 3.96. The van der Waals surface area contributed by atoms with Gasteiger partial charge in [0.05, 0.1) is 0 Å². The Kier molecular flexibility index (Phi) is 5.62. The van der Waals surface area contributed by atoms with E-state index in [1.165, 1.54) is 55.3 Å². The molecule has 2 unspecified atom stereocenters. The van der Waals surface area contributed by atoms with Gasteiger partial charge in [-0.15, -0.1) is 0 Å². The molecule has 1 aliphatic heterocycles. The van der Waals surface area contributed by atoms with Crippen LogP contribution >= 0.6 is 0 Å². The summed E-state index contributed by atoms with van der Waals surface area (Å²) in [6.07, 6.45) is 6.67. The van der Waals surface area contributed by atoms with Gasteiger partial charge in [-0.05, 0) is 50.8 Å². The van der Waals surface area contributed by atoms with Crippen molar-refractivity contribution < 1.29 is 0 Å². The van der Waals surface area contributed by atoms with Crippen molar-refractivity contribution in [3.8, 4) is 0 Å². The fourth-order valence-corrected chi connectivity index (χ4v) is 3.55. The monoisotopic (exact) mass is 274 g/mol. The van der Waals surface area contributed by atoms with Crippen molar-refractivity contribution in [3.05, 3.63) is 34.9 Å². The molecule has 0 radical (unpaired) electrons. The molecular formula is C18H30N2. The van der Waals surface area contributed by atoms with E-state index < -0.39 is 0 Å². The first-order valence-corrected chi connectivity index (χ1v) is 8.18. The molecule has 1 heterocycles. The van der Waals surface area contributed by atoms with Gasteiger partial charge in [-0.1, -0.05) is 43.5 Å². The molecule has 2 nitrogen and oxygen atoms in total. The smallest absolute Gasteiger partial charge is 0.0427 e. The van der Waals surface area contributed by atoms with Gasteiger partial charge < -0.3 is 5.73 Å². The average molecular weight is 274 g/mol. The molecule has 1 aromatic rings. The molecule has 1 fully saturated rings. The molecule has 2 heteroatoms. The lowest BCUT2D eigenvalue weighted by Gasteiger charge is -2.37. The molecule has 2 N–H and O–H groups in total. The summed E-state index contributed by atoms with van der Waals surface area (Å²) in [5.74, 6) is 0. The molecule has 0 aromatic heterocycles. The van der Waals surface area contributed by atoms with E-state index in [1.54, 1.807) is 0 Å². The van der Waals surface area contributed by atoms with Crippen LogP contribution < -0.4 is 5.73 Å². The van der Waals surface area contributed by atoms with Gasteiger partial charge in [0.15, 0.2) is 0 Å². The van der Waals surface area contributed by atoms with Crippen LogP contribution in [0.3, 0.4) is 0 Å². The van der Waals surface area contributed by atoms with E-state index in [4.69, 9.17) is 5.73 Å². The summed E-state index contributed by atoms with van der Waals surface area (Å²) in [4.78, 5) is 2.64. The summed E-state index contributed by atoms with van der Waals surface area (Å²) in [6.45, 7) is 8.85. The quantitative estimate of drug-likeness (QED) is 0.880. The third-order valence-electron chi connectivity index (χ3n) is 4.63. The van der Waals surface area contributed by atoms with Gasteiger partial charge in [0, 0.05) is 18.6 Å². The molecule has 0 aliphatic carbocycles. The van der Waals surface area contributed by atoms with Gasteiger partial charge in [-0.3, -0.25) is 4.90 Å². The van der Waals surface area contributed by atoms with Crippen molar-refractivity contribution in [3.63, 3.8) is 0 Å². The van der Waals surface area contributed by atoms with Crippen molar-refractivity contribution in [2.45, 2.75) is 65.0 Å². The van der Waals surface area contributed by atoms with Crippen LogP contribution in [0.1, 0.15) is 61.8 Å². The Morgan fingerprint density at radius 1 is 1.30 bits per heavy atom. The number of likely N-dealkylation sites (tertiary alicyclic amines) is 1. The Bertz CT molecular complexity index is 425. The summed E-state index contributed by atoms with van der Waals surface area (Å²) in [5, 5.41) is 0. The number of nitrogens with two attached hydrogens (primary N) is 1.